The number of hydrogen-bond donors (Lipinski definition) is 2. The molecule has 2 aromatic carbocycles. The highest BCUT2D eigenvalue weighted by Crippen LogP contribution is 2.28. The first-order valence-electron chi connectivity index (χ1n) is 11.6. The monoisotopic (exact) mass is 461 g/mol. The summed E-state index contributed by atoms with van der Waals surface area (Å²) in [4.78, 5) is 13.4. The van der Waals surface area contributed by atoms with Crippen LogP contribution in [0, 0.1) is 0 Å². The van der Waals surface area contributed by atoms with E-state index >= 15 is 0 Å². The molecular formula is C26H31N5O3. The standard InChI is InChI=1S/C26H31N5O3/c32-14-16-34-18-17-33-15-13-31-20-30-24-25(28-19-29-26(24)31)27-12-11-23(21-7-3-1-4-8-21)22-9-5-2-6-10-22/h1-10,19-20,23,32H,11-18H2,(H,27,28,29). The summed E-state index contributed by atoms with van der Waals surface area (Å²) >= 11 is 0. The molecule has 0 aliphatic carbocycles. The zero-order valence-electron chi connectivity index (χ0n) is 19.2. The van der Waals surface area contributed by atoms with Crippen molar-refractivity contribution in [2.45, 2.75) is 18.9 Å². The molecule has 2 heterocycles. The predicted octanol–water partition coefficient (Wildman–Crippen LogP) is 3.49. The molecule has 34 heavy (non-hydrogen) atoms. The van der Waals surface area contributed by atoms with Crippen molar-refractivity contribution in [1.29, 1.82) is 0 Å². The maximum absolute atomic E-state index is 8.71. The first-order valence-corrected chi connectivity index (χ1v) is 11.6. The summed E-state index contributed by atoms with van der Waals surface area (Å²) in [5, 5.41) is 12.2. The minimum atomic E-state index is 0.0241. The quantitative estimate of drug-likeness (QED) is 0.278. The van der Waals surface area contributed by atoms with Gasteiger partial charge in [0.1, 0.15) is 11.8 Å². The van der Waals surface area contributed by atoms with Gasteiger partial charge in [-0.25, -0.2) is 15.0 Å². The number of fused-ring (bicyclic) bond motifs is 1. The van der Waals surface area contributed by atoms with Gasteiger partial charge in [0.15, 0.2) is 11.5 Å². The SMILES string of the molecule is OCCOCCOCCn1cnc2c(NCCC(c3ccccc3)c3ccccc3)ncnc21. The Morgan fingerprint density at radius 2 is 1.50 bits per heavy atom. The lowest BCUT2D eigenvalue weighted by molar-refractivity contribution is 0.0311. The molecule has 178 valence electrons. The molecule has 0 radical (unpaired) electrons. The molecule has 2 aromatic heterocycles. The van der Waals surface area contributed by atoms with Crippen LogP contribution in [0.1, 0.15) is 23.5 Å². The lowest BCUT2D eigenvalue weighted by atomic mass is 9.88. The van der Waals surface area contributed by atoms with E-state index in [0.717, 1.165) is 29.9 Å². The molecule has 0 bridgehead atoms. The van der Waals surface area contributed by atoms with E-state index in [-0.39, 0.29) is 6.61 Å². The van der Waals surface area contributed by atoms with Gasteiger partial charge in [-0.2, -0.15) is 0 Å². The molecule has 0 amide bonds. The van der Waals surface area contributed by atoms with Gasteiger partial charge in [-0.1, -0.05) is 60.7 Å². The highest BCUT2D eigenvalue weighted by Gasteiger charge is 2.15. The highest BCUT2D eigenvalue weighted by atomic mass is 16.5. The second kappa shape index (κ2) is 12.8. The number of aromatic nitrogens is 4. The molecule has 0 fully saturated rings. The number of benzene rings is 2. The zero-order chi connectivity index (χ0) is 23.4. The lowest BCUT2D eigenvalue weighted by Gasteiger charge is -2.18. The Balaban J connectivity index is 1.36. The van der Waals surface area contributed by atoms with Crippen molar-refractivity contribution >= 4 is 17.0 Å². The van der Waals surface area contributed by atoms with E-state index < -0.39 is 0 Å². The number of imidazole rings is 1. The maximum atomic E-state index is 8.71. The van der Waals surface area contributed by atoms with Crippen LogP contribution in [0.2, 0.25) is 0 Å². The van der Waals surface area contributed by atoms with Gasteiger partial charge in [0.25, 0.3) is 0 Å². The molecule has 4 aromatic rings. The van der Waals surface area contributed by atoms with Crippen LogP contribution in [0.5, 0.6) is 0 Å². The summed E-state index contributed by atoms with van der Waals surface area (Å²) in [6.07, 6.45) is 4.26. The molecule has 0 aliphatic heterocycles. The topological polar surface area (TPSA) is 94.3 Å². The van der Waals surface area contributed by atoms with Crippen molar-refractivity contribution in [3.8, 4) is 0 Å². The second-order valence-electron chi connectivity index (χ2n) is 7.87. The summed E-state index contributed by atoms with van der Waals surface area (Å²) in [7, 11) is 0. The zero-order valence-corrected chi connectivity index (χ0v) is 19.2. The van der Waals surface area contributed by atoms with E-state index in [1.807, 2.05) is 16.7 Å². The fraction of sp³-hybridized carbons (Fsp3) is 0.346. The van der Waals surface area contributed by atoms with Crippen molar-refractivity contribution in [3.05, 3.63) is 84.4 Å². The van der Waals surface area contributed by atoms with Gasteiger partial charge in [0.2, 0.25) is 0 Å². The van der Waals surface area contributed by atoms with Crippen LogP contribution in [0.3, 0.4) is 0 Å². The molecule has 0 saturated heterocycles. The fourth-order valence-corrected chi connectivity index (χ4v) is 3.95. The van der Waals surface area contributed by atoms with Crippen LogP contribution in [0.15, 0.2) is 73.3 Å². The Bertz CT molecular complexity index is 1080. The average Bonchev–Trinajstić information content (AvgIpc) is 3.31. The van der Waals surface area contributed by atoms with Crippen molar-refractivity contribution in [2.75, 3.05) is 44.9 Å². The normalized spacial score (nSPS) is 11.4. The van der Waals surface area contributed by atoms with E-state index in [2.05, 4.69) is 68.8 Å². The molecular weight excluding hydrogens is 430 g/mol. The number of rotatable bonds is 14. The van der Waals surface area contributed by atoms with Crippen molar-refractivity contribution in [2.24, 2.45) is 0 Å². The number of aliphatic hydroxyl groups excluding tert-OH is 1. The Hall–Kier alpha value is -3.33. The molecule has 0 saturated carbocycles. The van der Waals surface area contributed by atoms with Crippen LogP contribution >= 0.6 is 0 Å². The lowest BCUT2D eigenvalue weighted by Crippen LogP contribution is -2.12. The number of ether oxygens (including phenoxy) is 2. The predicted molar refractivity (Wildman–Crippen MR) is 132 cm³/mol. The first kappa shape index (κ1) is 23.8. The average molecular weight is 462 g/mol. The molecule has 0 atom stereocenters. The number of anilines is 1. The molecule has 8 nitrogen and oxygen atoms in total. The highest BCUT2D eigenvalue weighted by molar-refractivity contribution is 5.82. The van der Waals surface area contributed by atoms with Gasteiger partial charge in [0, 0.05) is 19.0 Å². The second-order valence-corrected chi connectivity index (χ2v) is 7.87. The van der Waals surface area contributed by atoms with E-state index in [1.54, 1.807) is 12.7 Å². The number of aliphatic hydroxyl groups is 1. The van der Waals surface area contributed by atoms with E-state index in [0.29, 0.717) is 38.9 Å². The number of nitrogens with zero attached hydrogens (tertiary/aromatic N) is 4. The molecule has 0 spiro atoms. The Kier molecular flexibility index (Phi) is 8.96. The van der Waals surface area contributed by atoms with Crippen LogP contribution in [0.4, 0.5) is 5.82 Å². The third-order valence-electron chi connectivity index (χ3n) is 5.61. The van der Waals surface area contributed by atoms with E-state index in [4.69, 9.17) is 14.6 Å². The Morgan fingerprint density at radius 1 is 0.824 bits per heavy atom. The molecule has 4 rings (SSSR count). The van der Waals surface area contributed by atoms with E-state index in [9.17, 15) is 0 Å². The largest absolute Gasteiger partial charge is 0.394 e. The molecule has 8 heteroatoms. The summed E-state index contributed by atoms with van der Waals surface area (Å²) < 4.78 is 12.8. The minimum Gasteiger partial charge on any atom is -0.394 e. The van der Waals surface area contributed by atoms with Gasteiger partial charge < -0.3 is 24.5 Å². The molecule has 0 aliphatic rings. The summed E-state index contributed by atoms with van der Waals surface area (Å²) in [5.74, 6) is 1.03. The van der Waals surface area contributed by atoms with Crippen molar-refractivity contribution in [1.82, 2.24) is 19.5 Å². The van der Waals surface area contributed by atoms with Crippen LogP contribution in [-0.2, 0) is 16.0 Å². The van der Waals surface area contributed by atoms with Crippen molar-refractivity contribution in [3.63, 3.8) is 0 Å². The van der Waals surface area contributed by atoms with Crippen LogP contribution in [0.25, 0.3) is 11.2 Å². The number of hydrogen-bond acceptors (Lipinski definition) is 7. The Labute approximate surface area is 199 Å². The maximum Gasteiger partial charge on any atom is 0.165 e. The fourth-order valence-electron chi connectivity index (χ4n) is 3.95. The third kappa shape index (κ3) is 6.38. The van der Waals surface area contributed by atoms with Gasteiger partial charge in [-0.15, -0.1) is 0 Å². The van der Waals surface area contributed by atoms with Gasteiger partial charge in [-0.3, -0.25) is 0 Å². The van der Waals surface area contributed by atoms with E-state index in [1.165, 1.54) is 11.1 Å². The van der Waals surface area contributed by atoms with Gasteiger partial charge >= 0.3 is 0 Å². The summed E-state index contributed by atoms with van der Waals surface area (Å²) in [6, 6.07) is 21.2. The number of nitrogens with one attached hydrogen (secondary N) is 1. The van der Waals surface area contributed by atoms with Gasteiger partial charge in [-0.05, 0) is 17.5 Å². The van der Waals surface area contributed by atoms with Crippen LogP contribution in [-0.4, -0.2) is 64.2 Å². The smallest absolute Gasteiger partial charge is 0.165 e. The van der Waals surface area contributed by atoms with Crippen LogP contribution < -0.4 is 5.32 Å². The summed E-state index contributed by atoms with van der Waals surface area (Å²) in [6.45, 7) is 3.22. The first-order chi connectivity index (χ1) is 16.9. The molecule has 2 N–H and O–H groups in total. The third-order valence-corrected chi connectivity index (χ3v) is 5.61. The minimum absolute atomic E-state index is 0.0241. The van der Waals surface area contributed by atoms with Crippen molar-refractivity contribution < 1.29 is 14.6 Å². The molecule has 0 unspecified atom stereocenters. The summed E-state index contributed by atoms with van der Waals surface area (Å²) in [5.41, 5.74) is 4.13. The van der Waals surface area contributed by atoms with Gasteiger partial charge in [0.05, 0.1) is 39.4 Å². The Morgan fingerprint density at radius 3 is 2.18 bits per heavy atom.